The third kappa shape index (κ3) is 3.50. The highest BCUT2D eigenvalue weighted by atomic mass is 32.2. The molecule has 3 rings (SSSR count). The fourth-order valence-electron chi connectivity index (χ4n) is 2.39. The second-order valence-electron chi connectivity index (χ2n) is 5.33. The van der Waals surface area contributed by atoms with Crippen LogP contribution in [-0.2, 0) is 16.4 Å². The minimum atomic E-state index is -3.75. The fourth-order valence-corrected chi connectivity index (χ4v) is 2.90. The Morgan fingerprint density at radius 1 is 1.17 bits per heavy atom. The number of benzene rings is 2. The van der Waals surface area contributed by atoms with Gasteiger partial charge in [-0.1, -0.05) is 12.1 Å². The summed E-state index contributed by atoms with van der Waals surface area (Å²) in [4.78, 5) is 4.39. The zero-order valence-corrected chi connectivity index (χ0v) is 13.7. The Morgan fingerprint density at radius 2 is 1.88 bits per heavy atom. The molecule has 6 nitrogen and oxygen atoms in total. The van der Waals surface area contributed by atoms with Crippen molar-refractivity contribution in [3.8, 4) is 5.69 Å². The maximum Gasteiger partial charge on any atom is 0.238 e. The van der Waals surface area contributed by atoms with E-state index in [1.165, 1.54) is 24.3 Å². The fraction of sp³-hybridized carbons (Fsp3) is 0.125. The van der Waals surface area contributed by atoms with E-state index in [1.807, 2.05) is 6.07 Å². The van der Waals surface area contributed by atoms with Gasteiger partial charge in [-0.25, -0.2) is 27.6 Å². The van der Waals surface area contributed by atoms with Crippen molar-refractivity contribution < 1.29 is 12.8 Å². The second kappa shape index (κ2) is 6.14. The molecule has 1 heterocycles. The van der Waals surface area contributed by atoms with Crippen molar-refractivity contribution in [2.75, 3.05) is 0 Å². The number of aromatic nitrogens is 3. The molecule has 0 saturated carbocycles. The minimum absolute atomic E-state index is 0.0229. The highest BCUT2D eigenvalue weighted by Gasteiger charge is 2.12. The third-order valence-corrected chi connectivity index (χ3v) is 4.37. The van der Waals surface area contributed by atoms with E-state index in [0.29, 0.717) is 23.8 Å². The molecule has 0 spiro atoms. The molecular weight excluding hydrogens is 331 g/mol. The average Bonchev–Trinajstić information content (AvgIpc) is 2.87. The molecule has 0 fully saturated rings. The summed E-state index contributed by atoms with van der Waals surface area (Å²) in [5.74, 6) is 0.881. The van der Waals surface area contributed by atoms with Crippen LogP contribution in [0.1, 0.15) is 17.2 Å². The SMILES string of the molecule is Cc1nc(Cc2cccc(F)c2)n(-c2ccc(S(N)(=O)=O)cc2)n1. The Hall–Kier alpha value is -2.58. The smallest absolute Gasteiger partial charge is 0.225 e. The van der Waals surface area contributed by atoms with Crippen LogP contribution < -0.4 is 5.14 Å². The van der Waals surface area contributed by atoms with E-state index in [0.717, 1.165) is 5.56 Å². The predicted octanol–water partition coefficient (Wildman–Crippen LogP) is 1.95. The Kier molecular flexibility index (Phi) is 4.16. The molecule has 0 unspecified atom stereocenters. The summed E-state index contributed by atoms with van der Waals surface area (Å²) in [6.07, 6.45) is 0.398. The van der Waals surface area contributed by atoms with Crippen LogP contribution in [0.4, 0.5) is 4.39 Å². The molecule has 0 bridgehead atoms. The van der Waals surface area contributed by atoms with Gasteiger partial charge in [0.15, 0.2) is 0 Å². The van der Waals surface area contributed by atoms with Crippen molar-refractivity contribution in [1.82, 2.24) is 14.8 Å². The lowest BCUT2D eigenvalue weighted by molar-refractivity contribution is 0.597. The van der Waals surface area contributed by atoms with Crippen LogP contribution in [0.2, 0.25) is 0 Å². The molecule has 0 aliphatic heterocycles. The van der Waals surface area contributed by atoms with Gasteiger partial charge in [0.1, 0.15) is 17.5 Å². The van der Waals surface area contributed by atoms with E-state index in [-0.39, 0.29) is 10.7 Å². The van der Waals surface area contributed by atoms with E-state index in [9.17, 15) is 12.8 Å². The maximum atomic E-state index is 13.3. The van der Waals surface area contributed by atoms with Crippen molar-refractivity contribution >= 4 is 10.0 Å². The molecule has 0 aliphatic rings. The second-order valence-corrected chi connectivity index (χ2v) is 6.89. The molecule has 0 saturated heterocycles. The van der Waals surface area contributed by atoms with E-state index in [2.05, 4.69) is 10.1 Å². The van der Waals surface area contributed by atoms with Gasteiger partial charge in [0.25, 0.3) is 0 Å². The molecule has 0 atom stereocenters. The van der Waals surface area contributed by atoms with Gasteiger partial charge in [-0.05, 0) is 48.9 Å². The van der Waals surface area contributed by atoms with Crippen LogP contribution in [0, 0.1) is 12.7 Å². The summed E-state index contributed by atoms with van der Waals surface area (Å²) in [6.45, 7) is 1.75. The lowest BCUT2D eigenvalue weighted by Gasteiger charge is -2.07. The van der Waals surface area contributed by atoms with Gasteiger partial charge >= 0.3 is 0 Å². The third-order valence-electron chi connectivity index (χ3n) is 3.44. The van der Waals surface area contributed by atoms with Crippen LogP contribution >= 0.6 is 0 Å². The number of aryl methyl sites for hydroxylation is 1. The summed E-state index contributed by atoms with van der Waals surface area (Å²) in [5.41, 5.74) is 1.42. The minimum Gasteiger partial charge on any atom is -0.225 e. The highest BCUT2D eigenvalue weighted by molar-refractivity contribution is 7.89. The number of hydrogen-bond donors (Lipinski definition) is 1. The van der Waals surface area contributed by atoms with Gasteiger partial charge in [-0.15, -0.1) is 0 Å². The molecule has 0 amide bonds. The maximum absolute atomic E-state index is 13.3. The summed E-state index contributed by atoms with van der Waals surface area (Å²) >= 11 is 0. The number of rotatable bonds is 4. The quantitative estimate of drug-likeness (QED) is 0.782. The van der Waals surface area contributed by atoms with E-state index >= 15 is 0 Å². The number of primary sulfonamides is 1. The zero-order chi connectivity index (χ0) is 17.3. The van der Waals surface area contributed by atoms with E-state index in [4.69, 9.17) is 5.14 Å². The van der Waals surface area contributed by atoms with Crippen molar-refractivity contribution in [2.45, 2.75) is 18.2 Å². The highest BCUT2D eigenvalue weighted by Crippen LogP contribution is 2.16. The van der Waals surface area contributed by atoms with Crippen molar-refractivity contribution in [2.24, 2.45) is 5.14 Å². The molecular formula is C16H15FN4O2S. The van der Waals surface area contributed by atoms with Crippen molar-refractivity contribution in [1.29, 1.82) is 0 Å². The molecule has 3 aromatic rings. The summed E-state index contributed by atoms with van der Waals surface area (Å²) in [5, 5.41) is 9.42. The molecule has 0 radical (unpaired) electrons. The zero-order valence-electron chi connectivity index (χ0n) is 12.8. The van der Waals surface area contributed by atoms with Gasteiger partial charge in [0.2, 0.25) is 10.0 Å². The molecule has 124 valence electrons. The van der Waals surface area contributed by atoms with E-state index < -0.39 is 10.0 Å². The Balaban J connectivity index is 1.97. The number of halogens is 1. The van der Waals surface area contributed by atoms with Gasteiger partial charge < -0.3 is 0 Å². The van der Waals surface area contributed by atoms with Crippen molar-refractivity contribution in [3.63, 3.8) is 0 Å². The predicted molar refractivity (Wildman–Crippen MR) is 86.7 cm³/mol. The van der Waals surface area contributed by atoms with Crippen LogP contribution in [0.15, 0.2) is 53.4 Å². The molecule has 8 heteroatoms. The van der Waals surface area contributed by atoms with Gasteiger partial charge in [-0.2, -0.15) is 5.10 Å². The van der Waals surface area contributed by atoms with Gasteiger partial charge in [0.05, 0.1) is 10.6 Å². The lowest BCUT2D eigenvalue weighted by Crippen LogP contribution is -2.12. The van der Waals surface area contributed by atoms with Crippen molar-refractivity contribution in [3.05, 3.63) is 71.6 Å². The van der Waals surface area contributed by atoms with Crippen LogP contribution in [0.25, 0.3) is 5.69 Å². The summed E-state index contributed by atoms with van der Waals surface area (Å²) < 4.78 is 37.6. The molecule has 0 aliphatic carbocycles. The topological polar surface area (TPSA) is 90.9 Å². The first-order chi connectivity index (χ1) is 11.3. The van der Waals surface area contributed by atoms with Crippen LogP contribution in [0.3, 0.4) is 0 Å². The van der Waals surface area contributed by atoms with E-state index in [1.54, 1.807) is 29.8 Å². The molecule has 1 aromatic heterocycles. The number of nitrogens with zero attached hydrogens (tertiary/aromatic N) is 3. The number of sulfonamides is 1. The Morgan fingerprint density at radius 3 is 2.50 bits per heavy atom. The average molecular weight is 346 g/mol. The largest absolute Gasteiger partial charge is 0.238 e. The number of hydrogen-bond acceptors (Lipinski definition) is 4. The first-order valence-corrected chi connectivity index (χ1v) is 8.68. The van der Waals surface area contributed by atoms with Crippen LogP contribution in [0.5, 0.6) is 0 Å². The molecule has 24 heavy (non-hydrogen) atoms. The molecule has 2 N–H and O–H groups in total. The summed E-state index contributed by atoms with van der Waals surface area (Å²) in [6, 6.07) is 12.3. The van der Waals surface area contributed by atoms with Gasteiger partial charge in [0, 0.05) is 6.42 Å². The first-order valence-electron chi connectivity index (χ1n) is 7.13. The van der Waals surface area contributed by atoms with Gasteiger partial charge in [-0.3, -0.25) is 0 Å². The number of nitrogens with two attached hydrogens (primary N) is 1. The molecule has 2 aromatic carbocycles. The van der Waals surface area contributed by atoms with Crippen LogP contribution in [-0.4, -0.2) is 23.2 Å². The first kappa shape index (κ1) is 16.3. The summed E-state index contributed by atoms with van der Waals surface area (Å²) in [7, 11) is -3.75. The Bertz CT molecular complexity index is 982. The normalized spacial score (nSPS) is 11.6. The lowest BCUT2D eigenvalue weighted by atomic mass is 10.1. The monoisotopic (exact) mass is 346 g/mol. The standard InChI is InChI=1S/C16H15FN4O2S/c1-11-19-16(10-12-3-2-4-13(17)9-12)21(20-11)14-5-7-15(8-6-14)24(18,22)23/h2-9H,10H2,1H3,(H2,18,22,23). The Labute approximate surface area is 138 Å².